The third-order valence-corrected chi connectivity index (χ3v) is 5.53. The fourth-order valence-electron chi connectivity index (χ4n) is 3.70. The van der Waals surface area contributed by atoms with Crippen molar-refractivity contribution < 1.29 is 23.5 Å². The van der Waals surface area contributed by atoms with E-state index in [1.807, 2.05) is 0 Å². The van der Waals surface area contributed by atoms with Crippen LogP contribution in [0.5, 0.6) is 11.5 Å². The zero-order valence-corrected chi connectivity index (χ0v) is 16.6. The van der Waals surface area contributed by atoms with E-state index in [4.69, 9.17) is 21.1 Å². The van der Waals surface area contributed by atoms with Crippen molar-refractivity contribution in [1.82, 2.24) is 10.2 Å². The highest BCUT2D eigenvalue weighted by molar-refractivity contribution is 6.32. The van der Waals surface area contributed by atoms with Crippen LogP contribution in [0.2, 0.25) is 5.02 Å². The highest BCUT2D eigenvalue weighted by Crippen LogP contribution is 2.39. The Morgan fingerprint density at radius 2 is 1.90 bits per heavy atom. The number of imide groups is 1. The fourth-order valence-corrected chi connectivity index (χ4v) is 3.99. The zero-order chi connectivity index (χ0) is 20.6. The van der Waals surface area contributed by atoms with Gasteiger partial charge in [-0.25, -0.2) is 9.18 Å². The Hall–Kier alpha value is -2.80. The molecule has 0 spiro atoms. The van der Waals surface area contributed by atoms with Gasteiger partial charge in [-0.15, -0.1) is 0 Å². The number of ether oxygens (including phenoxy) is 2. The van der Waals surface area contributed by atoms with Gasteiger partial charge in [-0.3, -0.25) is 9.69 Å². The molecule has 1 atom stereocenters. The number of amides is 3. The van der Waals surface area contributed by atoms with E-state index in [0.29, 0.717) is 47.3 Å². The van der Waals surface area contributed by atoms with E-state index in [-0.39, 0.29) is 12.5 Å². The van der Waals surface area contributed by atoms with Crippen molar-refractivity contribution in [2.75, 3.05) is 13.2 Å². The number of carbonyl (C=O) groups is 2. The molecule has 29 heavy (non-hydrogen) atoms. The van der Waals surface area contributed by atoms with Crippen LogP contribution in [-0.2, 0) is 16.9 Å². The van der Waals surface area contributed by atoms with Crippen LogP contribution in [0, 0.1) is 5.82 Å². The molecular formula is C21H20ClFN2O4. The number of nitrogens with zero attached hydrogens (tertiary/aromatic N) is 1. The van der Waals surface area contributed by atoms with E-state index >= 15 is 0 Å². The maximum absolute atomic E-state index is 13.3. The quantitative estimate of drug-likeness (QED) is 0.762. The van der Waals surface area contributed by atoms with E-state index in [1.165, 1.54) is 24.3 Å². The Bertz CT molecular complexity index is 966. The second-order valence-electron chi connectivity index (χ2n) is 7.04. The molecule has 2 aromatic rings. The van der Waals surface area contributed by atoms with Crippen LogP contribution in [0.25, 0.3) is 0 Å². The van der Waals surface area contributed by atoms with Crippen LogP contribution in [0.3, 0.4) is 0 Å². The van der Waals surface area contributed by atoms with Gasteiger partial charge in [0.2, 0.25) is 0 Å². The molecule has 152 valence electrons. The Labute approximate surface area is 172 Å². The van der Waals surface area contributed by atoms with Gasteiger partial charge in [0, 0.05) is 6.42 Å². The topological polar surface area (TPSA) is 67.9 Å². The average Bonchev–Trinajstić information content (AvgIpc) is 2.87. The number of urea groups is 1. The maximum Gasteiger partial charge on any atom is 0.325 e. The molecule has 6 nitrogen and oxygen atoms in total. The molecule has 2 heterocycles. The summed E-state index contributed by atoms with van der Waals surface area (Å²) in [7, 11) is 0. The molecule has 3 amide bonds. The number of halogens is 2. The number of benzene rings is 2. The van der Waals surface area contributed by atoms with Crippen LogP contribution >= 0.6 is 11.6 Å². The fraction of sp³-hybridized carbons (Fsp3) is 0.333. The number of rotatable bonds is 4. The van der Waals surface area contributed by atoms with Crippen LogP contribution in [0.15, 0.2) is 36.4 Å². The van der Waals surface area contributed by atoms with E-state index in [1.54, 1.807) is 19.1 Å². The van der Waals surface area contributed by atoms with Gasteiger partial charge in [0.1, 0.15) is 11.4 Å². The first-order valence-corrected chi connectivity index (χ1v) is 9.80. The summed E-state index contributed by atoms with van der Waals surface area (Å²) in [5, 5.41) is 3.15. The molecule has 0 aromatic heterocycles. The Kier molecular flexibility index (Phi) is 5.08. The molecule has 0 bridgehead atoms. The van der Waals surface area contributed by atoms with Crippen LogP contribution in [0.4, 0.5) is 9.18 Å². The molecule has 1 fully saturated rings. The number of carbonyl (C=O) groups excluding carboxylic acids is 2. The number of nitrogens with one attached hydrogen (secondary N) is 1. The molecular weight excluding hydrogens is 399 g/mol. The van der Waals surface area contributed by atoms with E-state index in [0.717, 1.165) is 11.3 Å². The summed E-state index contributed by atoms with van der Waals surface area (Å²) in [6.07, 6.45) is 1.08. The summed E-state index contributed by atoms with van der Waals surface area (Å²) >= 11 is 6.33. The average molecular weight is 419 g/mol. The number of hydrogen-bond acceptors (Lipinski definition) is 4. The van der Waals surface area contributed by atoms with E-state index in [9.17, 15) is 14.0 Å². The smallest absolute Gasteiger partial charge is 0.325 e. The van der Waals surface area contributed by atoms with Gasteiger partial charge in [-0.2, -0.15) is 0 Å². The minimum atomic E-state index is -1.22. The highest BCUT2D eigenvalue weighted by Gasteiger charge is 2.51. The molecule has 8 heteroatoms. The van der Waals surface area contributed by atoms with Crippen molar-refractivity contribution in [3.63, 3.8) is 0 Å². The van der Waals surface area contributed by atoms with E-state index in [2.05, 4.69) is 5.32 Å². The molecule has 2 aliphatic rings. The van der Waals surface area contributed by atoms with Crippen LogP contribution < -0.4 is 14.8 Å². The first-order valence-electron chi connectivity index (χ1n) is 9.43. The second kappa shape index (κ2) is 7.55. The lowest BCUT2D eigenvalue weighted by Crippen LogP contribution is -2.43. The van der Waals surface area contributed by atoms with Gasteiger partial charge in [0.25, 0.3) is 5.91 Å². The minimum Gasteiger partial charge on any atom is -0.489 e. The van der Waals surface area contributed by atoms with Crippen molar-refractivity contribution in [1.29, 1.82) is 0 Å². The maximum atomic E-state index is 13.3. The first-order chi connectivity index (χ1) is 13.9. The zero-order valence-electron chi connectivity index (χ0n) is 15.8. The van der Waals surface area contributed by atoms with Gasteiger partial charge in [0.15, 0.2) is 11.5 Å². The van der Waals surface area contributed by atoms with Crippen LogP contribution in [-0.4, -0.2) is 30.1 Å². The van der Waals surface area contributed by atoms with Gasteiger partial charge in [-0.1, -0.05) is 30.7 Å². The third-order valence-electron chi connectivity index (χ3n) is 5.25. The molecule has 0 saturated carbocycles. The lowest BCUT2D eigenvalue weighted by molar-refractivity contribution is -0.132. The van der Waals surface area contributed by atoms with Crippen molar-refractivity contribution in [3.05, 3.63) is 58.4 Å². The molecule has 1 saturated heterocycles. The van der Waals surface area contributed by atoms with Gasteiger partial charge < -0.3 is 14.8 Å². The van der Waals surface area contributed by atoms with Gasteiger partial charge >= 0.3 is 6.03 Å². The molecule has 0 unspecified atom stereocenters. The van der Waals surface area contributed by atoms with Crippen LogP contribution in [0.1, 0.15) is 30.9 Å². The SMILES string of the molecule is CC[C@]1(c2ccc(F)cc2)NC(=O)N(Cc2cc(Cl)c3c(c2)OCCCO3)C1=O. The second-order valence-corrected chi connectivity index (χ2v) is 7.45. The number of fused-ring (bicyclic) bond motifs is 1. The highest BCUT2D eigenvalue weighted by atomic mass is 35.5. The molecule has 2 aliphatic heterocycles. The Balaban J connectivity index is 1.64. The lowest BCUT2D eigenvalue weighted by Gasteiger charge is -2.26. The summed E-state index contributed by atoms with van der Waals surface area (Å²) in [4.78, 5) is 27.1. The number of hydrogen-bond donors (Lipinski definition) is 1. The summed E-state index contributed by atoms with van der Waals surface area (Å²) in [6, 6.07) is 8.48. The third kappa shape index (κ3) is 3.40. The Morgan fingerprint density at radius 1 is 1.17 bits per heavy atom. The van der Waals surface area contributed by atoms with Gasteiger partial charge in [0.05, 0.1) is 24.8 Å². The largest absolute Gasteiger partial charge is 0.489 e. The molecule has 0 aliphatic carbocycles. The normalized spacial score (nSPS) is 21.1. The van der Waals surface area contributed by atoms with Gasteiger partial charge in [-0.05, 0) is 41.8 Å². The molecule has 4 rings (SSSR count). The van der Waals surface area contributed by atoms with E-state index < -0.39 is 17.4 Å². The predicted molar refractivity (Wildman–Crippen MR) is 105 cm³/mol. The Morgan fingerprint density at radius 3 is 2.62 bits per heavy atom. The molecule has 2 aromatic carbocycles. The van der Waals surface area contributed by atoms with Crippen molar-refractivity contribution in [3.8, 4) is 11.5 Å². The lowest BCUT2D eigenvalue weighted by atomic mass is 9.87. The predicted octanol–water partition coefficient (Wildman–Crippen LogP) is 4.00. The minimum absolute atomic E-state index is 0.0317. The molecule has 1 N–H and O–H groups in total. The summed E-state index contributed by atoms with van der Waals surface area (Å²) in [5.41, 5.74) is -0.0347. The van der Waals surface area contributed by atoms with Crippen molar-refractivity contribution in [2.45, 2.75) is 31.8 Å². The van der Waals surface area contributed by atoms with Crippen molar-refractivity contribution >= 4 is 23.5 Å². The summed E-state index contributed by atoms with van der Waals surface area (Å²) in [6.45, 7) is 2.84. The van der Waals surface area contributed by atoms with Crippen molar-refractivity contribution in [2.24, 2.45) is 0 Å². The monoisotopic (exact) mass is 418 g/mol. The molecule has 0 radical (unpaired) electrons. The first kappa shape index (κ1) is 19.5. The summed E-state index contributed by atoms with van der Waals surface area (Å²) < 4.78 is 24.6. The standard InChI is InChI=1S/C21H20ClFN2O4/c1-2-21(14-4-6-15(23)7-5-14)19(26)25(20(27)24-21)12-13-10-16(22)18-17(11-13)28-8-3-9-29-18/h4-7,10-11H,2-3,8-9,12H2,1H3,(H,24,27)/t21-/m1/s1. The summed E-state index contributed by atoms with van der Waals surface area (Å²) in [5.74, 6) is 0.173.